The molecule has 0 unspecified atom stereocenters. The van der Waals surface area contributed by atoms with Crippen LogP contribution < -0.4 is 11.1 Å². The van der Waals surface area contributed by atoms with E-state index in [0.717, 1.165) is 6.42 Å². The fourth-order valence-electron chi connectivity index (χ4n) is 1.53. The molecule has 1 amide bonds. The lowest BCUT2D eigenvalue weighted by atomic mass is 9.89. The van der Waals surface area contributed by atoms with Gasteiger partial charge in [-0.25, -0.2) is 4.98 Å². The van der Waals surface area contributed by atoms with Crippen LogP contribution in [0.3, 0.4) is 0 Å². The second kappa shape index (κ2) is 6.35. The van der Waals surface area contributed by atoms with Crippen LogP contribution in [0.25, 0.3) is 0 Å². The van der Waals surface area contributed by atoms with Crippen molar-refractivity contribution >= 4 is 11.7 Å². The standard InChI is InChI=1S/C13H21N3O2/c1-13(2,6-8-18-3)9-16-12-10(11(14)17)5-4-7-15-12/h4-5,7H,6,8-9H2,1-3H3,(H2,14,17)(H,15,16). The zero-order valence-electron chi connectivity index (χ0n) is 11.2. The topological polar surface area (TPSA) is 77.2 Å². The van der Waals surface area contributed by atoms with E-state index in [2.05, 4.69) is 24.1 Å². The molecule has 5 nitrogen and oxygen atoms in total. The minimum absolute atomic E-state index is 0.0580. The van der Waals surface area contributed by atoms with Crippen molar-refractivity contribution in [2.24, 2.45) is 11.1 Å². The van der Waals surface area contributed by atoms with Crippen molar-refractivity contribution in [3.05, 3.63) is 23.9 Å². The Morgan fingerprint density at radius 3 is 2.89 bits per heavy atom. The summed E-state index contributed by atoms with van der Waals surface area (Å²) in [5.41, 5.74) is 5.77. The quantitative estimate of drug-likeness (QED) is 0.772. The zero-order valence-corrected chi connectivity index (χ0v) is 11.2. The molecule has 0 aliphatic carbocycles. The number of hydrogen-bond donors (Lipinski definition) is 2. The SMILES string of the molecule is COCCC(C)(C)CNc1ncccc1C(N)=O. The molecule has 100 valence electrons. The van der Waals surface area contributed by atoms with Crippen LogP contribution in [0.5, 0.6) is 0 Å². The van der Waals surface area contributed by atoms with Crippen LogP contribution in [0.15, 0.2) is 18.3 Å². The zero-order chi connectivity index (χ0) is 13.6. The molecule has 18 heavy (non-hydrogen) atoms. The van der Waals surface area contributed by atoms with Crippen LogP contribution in [-0.2, 0) is 4.74 Å². The van der Waals surface area contributed by atoms with E-state index in [1.807, 2.05) is 0 Å². The maximum atomic E-state index is 11.2. The van der Waals surface area contributed by atoms with Gasteiger partial charge in [0.05, 0.1) is 5.56 Å². The van der Waals surface area contributed by atoms with Crippen LogP contribution in [0.4, 0.5) is 5.82 Å². The van der Waals surface area contributed by atoms with Gasteiger partial charge >= 0.3 is 0 Å². The number of anilines is 1. The lowest BCUT2D eigenvalue weighted by Gasteiger charge is -2.25. The smallest absolute Gasteiger partial charge is 0.252 e. The van der Waals surface area contributed by atoms with Crippen molar-refractivity contribution in [2.45, 2.75) is 20.3 Å². The Kier molecular flexibility index (Phi) is 5.09. The van der Waals surface area contributed by atoms with Gasteiger partial charge in [0.1, 0.15) is 5.82 Å². The predicted molar refractivity (Wildman–Crippen MR) is 71.5 cm³/mol. The third-order valence-electron chi connectivity index (χ3n) is 2.79. The number of carbonyl (C=O) groups is 1. The monoisotopic (exact) mass is 251 g/mol. The Morgan fingerprint density at radius 1 is 1.56 bits per heavy atom. The van der Waals surface area contributed by atoms with Gasteiger partial charge in [-0.05, 0) is 24.0 Å². The average molecular weight is 251 g/mol. The summed E-state index contributed by atoms with van der Waals surface area (Å²) in [6.07, 6.45) is 2.56. The number of aromatic nitrogens is 1. The number of nitrogens with zero attached hydrogens (tertiary/aromatic N) is 1. The Hall–Kier alpha value is -1.62. The van der Waals surface area contributed by atoms with Crippen molar-refractivity contribution < 1.29 is 9.53 Å². The number of pyridine rings is 1. The third kappa shape index (κ3) is 4.33. The number of nitrogens with one attached hydrogen (secondary N) is 1. The molecular weight excluding hydrogens is 230 g/mol. The fraction of sp³-hybridized carbons (Fsp3) is 0.538. The maximum Gasteiger partial charge on any atom is 0.252 e. The lowest BCUT2D eigenvalue weighted by molar-refractivity contribution is 0.100. The van der Waals surface area contributed by atoms with Gasteiger partial charge in [-0.2, -0.15) is 0 Å². The predicted octanol–water partition coefficient (Wildman–Crippen LogP) is 1.66. The van der Waals surface area contributed by atoms with Crippen molar-refractivity contribution in [2.75, 3.05) is 25.6 Å². The van der Waals surface area contributed by atoms with Gasteiger partial charge in [-0.1, -0.05) is 13.8 Å². The lowest BCUT2D eigenvalue weighted by Crippen LogP contribution is -2.26. The number of carbonyl (C=O) groups excluding carboxylic acids is 1. The van der Waals surface area contributed by atoms with Gasteiger partial charge < -0.3 is 15.8 Å². The first-order valence-corrected chi connectivity index (χ1v) is 5.94. The van der Waals surface area contributed by atoms with Gasteiger partial charge in [0.15, 0.2) is 0 Å². The highest BCUT2D eigenvalue weighted by Crippen LogP contribution is 2.21. The van der Waals surface area contributed by atoms with Crippen molar-refractivity contribution in [1.29, 1.82) is 0 Å². The van der Waals surface area contributed by atoms with Gasteiger partial charge in [0.25, 0.3) is 5.91 Å². The molecule has 0 radical (unpaired) electrons. The van der Waals surface area contributed by atoms with E-state index in [9.17, 15) is 4.79 Å². The molecule has 0 aliphatic rings. The molecule has 0 saturated carbocycles. The molecule has 0 aliphatic heterocycles. The van der Waals surface area contributed by atoms with Crippen molar-refractivity contribution in [1.82, 2.24) is 4.98 Å². The number of methoxy groups -OCH3 is 1. The van der Waals surface area contributed by atoms with Crippen LogP contribution in [0.1, 0.15) is 30.6 Å². The van der Waals surface area contributed by atoms with E-state index in [0.29, 0.717) is 24.5 Å². The summed E-state index contributed by atoms with van der Waals surface area (Å²) < 4.78 is 5.07. The van der Waals surface area contributed by atoms with Crippen LogP contribution in [0, 0.1) is 5.41 Å². The Balaban J connectivity index is 2.65. The number of rotatable bonds is 7. The van der Waals surface area contributed by atoms with Crippen LogP contribution >= 0.6 is 0 Å². The second-order valence-corrected chi connectivity index (χ2v) is 5.02. The van der Waals surface area contributed by atoms with Gasteiger partial charge in [-0.3, -0.25) is 4.79 Å². The van der Waals surface area contributed by atoms with E-state index in [-0.39, 0.29) is 5.41 Å². The van der Waals surface area contributed by atoms with Crippen molar-refractivity contribution in [3.8, 4) is 0 Å². The van der Waals surface area contributed by atoms with E-state index in [1.165, 1.54) is 0 Å². The molecule has 0 aromatic carbocycles. The minimum Gasteiger partial charge on any atom is -0.385 e. The first-order valence-electron chi connectivity index (χ1n) is 5.94. The highest BCUT2D eigenvalue weighted by molar-refractivity contribution is 5.97. The normalized spacial score (nSPS) is 11.3. The number of nitrogens with two attached hydrogens (primary N) is 1. The van der Waals surface area contributed by atoms with Crippen LogP contribution in [-0.4, -0.2) is 31.2 Å². The molecule has 1 heterocycles. The molecule has 1 aromatic heterocycles. The van der Waals surface area contributed by atoms with E-state index in [4.69, 9.17) is 10.5 Å². The summed E-state index contributed by atoms with van der Waals surface area (Å²) in [5, 5.41) is 3.18. The highest BCUT2D eigenvalue weighted by atomic mass is 16.5. The molecule has 0 bridgehead atoms. The molecular formula is C13H21N3O2. The Labute approximate surface area is 108 Å². The molecule has 0 fully saturated rings. The molecule has 0 spiro atoms. The summed E-state index contributed by atoms with van der Waals surface area (Å²) in [6.45, 7) is 5.67. The van der Waals surface area contributed by atoms with E-state index in [1.54, 1.807) is 25.4 Å². The molecule has 0 saturated heterocycles. The molecule has 1 rings (SSSR count). The molecule has 1 aromatic rings. The van der Waals surface area contributed by atoms with Crippen LogP contribution in [0.2, 0.25) is 0 Å². The van der Waals surface area contributed by atoms with Gasteiger partial charge in [0.2, 0.25) is 0 Å². The first kappa shape index (κ1) is 14.4. The number of primary amides is 1. The summed E-state index contributed by atoms with van der Waals surface area (Å²) >= 11 is 0. The van der Waals surface area contributed by atoms with Gasteiger partial charge in [0, 0.05) is 26.5 Å². The summed E-state index contributed by atoms with van der Waals surface area (Å²) in [6, 6.07) is 3.36. The summed E-state index contributed by atoms with van der Waals surface area (Å²) in [4.78, 5) is 15.4. The molecule has 0 atom stereocenters. The maximum absolute atomic E-state index is 11.2. The summed E-state index contributed by atoms with van der Waals surface area (Å²) in [7, 11) is 1.69. The highest BCUT2D eigenvalue weighted by Gasteiger charge is 2.18. The Morgan fingerprint density at radius 2 is 2.28 bits per heavy atom. The summed E-state index contributed by atoms with van der Waals surface area (Å²) in [5.74, 6) is 0.0655. The minimum atomic E-state index is -0.472. The fourth-order valence-corrected chi connectivity index (χ4v) is 1.53. The second-order valence-electron chi connectivity index (χ2n) is 5.02. The van der Waals surface area contributed by atoms with E-state index < -0.39 is 5.91 Å². The Bertz CT molecular complexity index is 405. The molecule has 5 heteroatoms. The van der Waals surface area contributed by atoms with E-state index >= 15 is 0 Å². The largest absolute Gasteiger partial charge is 0.385 e. The number of hydrogen-bond acceptors (Lipinski definition) is 4. The first-order chi connectivity index (χ1) is 8.46. The third-order valence-corrected chi connectivity index (χ3v) is 2.79. The van der Waals surface area contributed by atoms with Gasteiger partial charge in [-0.15, -0.1) is 0 Å². The number of ether oxygens (including phenoxy) is 1. The number of amides is 1. The molecule has 3 N–H and O–H groups in total. The van der Waals surface area contributed by atoms with Crippen molar-refractivity contribution in [3.63, 3.8) is 0 Å². The average Bonchev–Trinajstić information content (AvgIpc) is 2.34.